The molecule has 0 saturated carbocycles. The summed E-state index contributed by atoms with van der Waals surface area (Å²) in [6.45, 7) is 2.64. The van der Waals surface area contributed by atoms with Gasteiger partial charge in [-0.25, -0.2) is 4.98 Å². The first-order valence-corrected chi connectivity index (χ1v) is 5.54. The van der Waals surface area contributed by atoms with Crippen LogP contribution in [0.2, 0.25) is 0 Å². The quantitative estimate of drug-likeness (QED) is 0.878. The molecule has 0 saturated heterocycles. The van der Waals surface area contributed by atoms with Crippen LogP contribution in [-0.4, -0.2) is 12.1 Å². The summed E-state index contributed by atoms with van der Waals surface area (Å²) in [7, 11) is 1.61. The number of aromatic nitrogens is 1. The molecule has 2 rings (SSSR count). The van der Waals surface area contributed by atoms with E-state index in [1.807, 2.05) is 18.3 Å². The van der Waals surface area contributed by atoms with E-state index in [9.17, 15) is 0 Å². The lowest BCUT2D eigenvalue weighted by Gasteiger charge is -2.08. The third kappa shape index (κ3) is 2.45. The first kappa shape index (κ1) is 11.6. The number of methoxy groups -OCH3 is 1. The van der Waals surface area contributed by atoms with Gasteiger partial charge in [0.2, 0.25) is 5.88 Å². The highest BCUT2D eigenvalue weighted by Gasteiger charge is 2.04. The predicted octanol–water partition coefficient (Wildman–Crippen LogP) is 2.52. The Hall–Kier alpha value is -1.87. The van der Waals surface area contributed by atoms with E-state index in [4.69, 9.17) is 10.5 Å². The average molecular weight is 228 g/mol. The van der Waals surface area contributed by atoms with Gasteiger partial charge in [0.15, 0.2) is 0 Å². The van der Waals surface area contributed by atoms with Gasteiger partial charge in [0, 0.05) is 24.4 Å². The van der Waals surface area contributed by atoms with Crippen LogP contribution in [-0.2, 0) is 6.54 Å². The van der Waals surface area contributed by atoms with Crippen LogP contribution < -0.4 is 10.5 Å². The lowest BCUT2D eigenvalue weighted by molar-refractivity contribution is 0.398. The summed E-state index contributed by atoms with van der Waals surface area (Å²) in [5, 5.41) is 0. The molecule has 0 amide bonds. The van der Waals surface area contributed by atoms with Gasteiger partial charge in [0.1, 0.15) is 0 Å². The van der Waals surface area contributed by atoms with Crippen LogP contribution in [0.25, 0.3) is 11.1 Å². The molecule has 1 heterocycles. The molecule has 1 aromatic carbocycles. The largest absolute Gasteiger partial charge is 0.481 e. The van der Waals surface area contributed by atoms with E-state index in [2.05, 4.69) is 30.1 Å². The summed E-state index contributed by atoms with van der Waals surface area (Å²) in [6, 6.07) is 10.1. The summed E-state index contributed by atoms with van der Waals surface area (Å²) >= 11 is 0. The third-order valence-electron chi connectivity index (χ3n) is 2.79. The van der Waals surface area contributed by atoms with E-state index in [0.717, 1.165) is 11.1 Å². The zero-order chi connectivity index (χ0) is 12.3. The molecule has 0 spiro atoms. The molecule has 88 valence electrons. The van der Waals surface area contributed by atoms with E-state index in [1.54, 1.807) is 7.11 Å². The molecule has 2 N–H and O–H groups in total. The van der Waals surface area contributed by atoms with Gasteiger partial charge in [-0.2, -0.15) is 0 Å². The van der Waals surface area contributed by atoms with Gasteiger partial charge in [-0.1, -0.05) is 12.1 Å². The van der Waals surface area contributed by atoms with Crippen molar-refractivity contribution < 1.29 is 4.74 Å². The van der Waals surface area contributed by atoms with E-state index >= 15 is 0 Å². The Labute approximate surface area is 101 Å². The van der Waals surface area contributed by atoms with Crippen molar-refractivity contribution in [1.82, 2.24) is 4.98 Å². The number of nitrogens with zero attached hydrogens (tertiary/aromatic N) is 1. The van der Waals surface area contributed by atoms with Crippen LogP contribution in [0.5, 0.6) is 5.88 Å². The molecule has 0 aliphatic heterocycles. The molecule has 0 unspecified atom stereocenters. The number of pyridine rings is 1. The fourth-order valence-electron chi connectivity index (χ4n) is 1.77. The Bertz CT molecular complexity index is 506. The summed E-state index contributed by atoms with van der Waals surface area (Å²) in [4.78, 5) is 4.22. The fraction of sp³-hybridized carbons (Fsp3) is 0.214. The molecule has 0 fully saturated rings. The van der Waals surface area contributed by atoms with Crippen molar-refractivity contribution in [2.75, 3.05) is 7.11 Å². The van der Waals surface area contributed by atoms with Crippen LogP contribution in [0, 0.1) is 6.92 Å². The summed E-state index contributed by atoms with van der Waals surface area (Å²) in [6.07, 6.45) is 1.82. The second-order valence-corrected chi connectivity index (χ2v) is 3.94. The number of hydrogen-bond donors (Lipinski definition) is 1. The second-order valence-electron chi connectivity index (χ2n) is 3.94. The molecule has 0 aliphatic carbocycles. The van der Waals surface area contributed by atoms with Crippen molar-refractivity contribution in [3.63, 3.8) is 0 Å². The van der Waals surface area contributed by atoms with Crippen molar-refractivity contribution in [2.24, 2.45) is 5.73 Å². The molecule has 0 radical (unpaired) electrons. The van der Waals surface area contributed by atoms with Gasteiger partial charge < -0.3 is 10.5 Å². The fourth-order valence-corrected chi connectivity index (χ4v) is 1.77. The van der Waals surface area contributed by atoms with Gasteiger partial charge in [0.25, 0.3) is 0 Å². The number of nitrogens with two attached hydrogens (primary N) is 1. The molecule has 3 heteroatoms. The van der Waals surface area contributed by atoms with Crippen molar-refractivity contribution in [3.05, 3.63) is 47.7 Å². The topological polar surface area (TPSA) is 48.1 Å². The van der Waals surface area contributed by atoms with Gasteiger partial charge >= 0.3 is 0 Å². The molecular formula is C14H16N2O. The lowest BCUT2D eigenvalue weighted by atomic mass is 9.99. The molecule has 0 bridgehead atoms. The zero-order valence-electron chi connectivity index (χ0n) is 10.1. The van der Waals surface area contributed by atoms with Crippen molar-refractivity contribution in [2.45, 2.75) is 13.5 Å². The summed E-state index contributed by atoms with van der Waals surface area (Å²) < 4.78 is 5.05. The second kappa shape index (κ2) is 4.97. The Balaban J connectivity index is 2.43. The van der Waals surface area contributed by atoms with Crippen molar-refractivity contribution >= 4 is 0 Å². The van der Waals surface area contributed by atoms with Crippen LogP contribution in [0.4, 0.5) is 0 Å². The maximum atomic E-state index is 5.66. The minimum atomic E-state index is 0.552. The maximum absolute atomic E-state index is 5.66. The van der Waals surface area contributed by atoms with Gasteiger partial charge in [0.05, 0.1) is 7.11 Å². The highest BCUT2D eigenvalue weighted by molar-refractivity contribution is 5.67. The Morgan fingerprint density at radius 3 is 2.65 bits per heavy atom. The average Bonchev–Trinajstić information content (AvgIpc) is 2.39. The van der Waals surface area contributed by atoms with Crippen molar-refractivity contribution in [3.8, 4) is 17.0 Å². The summed E-state index contributed by atoms with van der Waals surface area (Å²) in [5.74, 6) is 0.626. The molecule has 3 nitrogen and oxygen atoms in total. The maximum Gasteiger partial charge on any atom is 0.212 e. The number of benzene rings is 1. The minimum absolute atomic E-state index is 0.552. The zero-order valence-corrected chi connectivity index (χ0v) is 10.1. The Kier molecular flexibility index (Phi) is 3.40. The van der Waals surface area contributed by atoms with E-state index in [-0.39, 0.29) is 0 Å². The predicted molar refractivity (Wildman–Crippen MR) is 68.9 cm³/mol. The van der Waals surface area contributed by atoms with Crippen LogP contribution >= 0.6 is 0 Å². The van der Waals surface area contributed by atoms with E-state index in [1.165, 1.54) is 11.1 Å². The standard InChI is InChI=1S/C14H16N2O/c1-10-3-4-11(8-15)7-13(10)12-5-6-14(17-2)16-9-12/h3-7,9H,8,15H2,1-2H3. The number of ether oxygens (including phenoxy) is 1. The molecule has 0 aliphatic rings. The van der Waals surface area contributed by atoms with Crippen LogP contribution in [0.3, 0.4) is 0 Å². The third-order valence-corrected chi connectivity index (χ3v) is 2.79. The Morgan fingerprint density at radius 1 is 1.24 bits per heavy atom. The molecule has 0 atom stereocenters. The monoisotopic (exact) mass is 228 g/mol. The smallest absolute Gasteiger partial charge is 0.212 e. The van der Waals surface area contributed by atoms with Crippen LogP contribution in [0.15, 0.2) is 36.5 Å². The summed E-state index contributed by atoms with van der Waals surface area (Å²) in [5.41, 5.74) is 10.3. The highest BCUT2D eigenvalue weighted by Crippen LogP contribution is 2.25. The molecule has 17 heavy (non-hydrogen) atoms. The van der Waals surface area contributed by atoms with Gasteiger partial charge in [-0.3, -0.25) is 0 Å². The first-order chi connectivity index (χ1) is 8.24. The Morgan fingerprint density at radius 2 is 2.06 bits per heavy atom. The highest BCUT2D eigenvalue weighted by atomic mass is 16.5. The first-order valence-electron chi connectivity index (χ1n) is 5.54. The SMILES string of the molecule is COc1ccc(-c2cc(CN)ccc2C)cn1. The van der Waals surface area contributed by atoms with Gasteiger partial charge in [-0.15, -0.1) is 0 Å². The molecular weight excluding hydrogens is 212 g/mol. The van der Waals surface area contributed by atoms with E-state index < -0.39 is 0 Å². The number of aryl methyl sites for hydroxylation is 1. The number of hydrogen-bond acceptors (Lipinski definition) is 3. The molecule has 2 aromatic rings. The number of rotatable bonds is 3. The normalized spacial score (nSPS) is 10.3. The van der Waals surface area contributed by atoms with Gasteiger partial charge in [-0.05, 0) is 35.7 Å². The molecule has 1 aromatic heterocycles. The van der Waals surface area contributed by atoms with E-state index in [0.29, 0.717) is 12.4 Å². The minimum Gasteiger partial charge on any atom is -0.481 e. The lowest BCUT2D eigenvalue weighted by Crippen LogP contribution is -1.97. The van der Waals surface area contributed by atoms with Crippen LogP contribution in [0.1, 0.15) is 11.1 Å². The van der Waals surface area contributed by atoms with Crippen molar-refractivity contribution in [1.29, 1.82) is 0 Å².